The van der Waals surface area contributed by atoms with Crippen molar-refractivity contribution < 1.29 is 22.4 Å². The summed E-state index contributed by atoms with van der Waals surface area (Å²) < 4.78 is 34.8. The van der Waals surface area contributed by atoms with Gasteiger partial charge in [0.25, 0.3) is 5.91 Å². The molecule has 1 amide bonds. The lowest BCUT2D eigenvalue weighted by Crippen LogP contribution is -2.35. The van der Waals surface area contributed by atoms with Crippen LogP contribution in [-0.4, -0.2) is 31.9 Å². The Hall–Kier alpha value is -1.80. The number of nitrogens with one attached hydrogen (secondary N) is 1. The van der Waals surface area contributed by atoms with Gasteiger partial charge in [-0.3, -0.25) is 4.79 Å². The van der Waals surface area contributed by atoms with Crippen LogP contribution in [0.15, 0.2) is 45.3 Å². The highest BCUT2D eigenvalue weighted by atomic mass is 79.9. The number of halogens is 1. The maximum absolute atomic E-state index is 12.1. The summed E-state index contributed by atoms with van der Waals surface area (Å²) in [6.45, 7) is 0.196. The van der Waals surface area contributed by atoms with Crippen molar-refractivity contribution in [2.75, 3.05) is 11.5 Å². The third-order valence-corrected chi connectivity index (χ3v) is 5.89. The van der Waals surface area contributed by atoms with E-state index in [-0.39, 0.29) is 29.9 Å². The Kier molecular flexibility index (Phi) is 4.96. The Labute approximate surface area is 148 Å². The molecule has 1 N–H and O–H groups in total. The molecule has 0 aliphatic carbocycles. The van der Waals surface area contributed by atoms with Gasteiger partial charge in [0, 0.05) is 10.5 Å². The molecule has 1 atom stereocenters. The Balaban J connectivity index is 1.56. The van der Waals surface area contributed by atoms with Crippen LogP contribution in [0.1, 0.15) is 22.7 Å². The van der Waals surface area contributed by atoms with E-state index in [0.717, 1.165) is 4.47 Å². The summed E-state index contributed by atoms with van der Waals surface area (Å²) in [5.74, 6) is 1.03. The van der Waals surface area contributed by atoms with Crippen LogP contribution in [0.2, 0.25) is 0 Å². The molecule has 6 nitrogen and oxygen atoms in total. The van der Waals surface area contributed by atoms with Gasteiger partial charge in [0.1, 0.15) is 18.1 Å². The predicted molar refractivity (Wildman–Crippen MR) is 91.7 cm³/mol. The average Bonchev–Trinajstić information content (AvgIpc) is 3.12. The van der Waals surface area contributed by atoms with Gasteiger partial charge in [-0.05, 0) is 36.8 Å². The molecule has 1 unspecified atom stereocenters. The molecule has 24 heavy (non-hydrogen) atoms. The normalized spacial score (nSPS) is 19.1. The maximum Gasteiger partial charge on any atom is 0.287 e. The minimum Gasteiger partial charge on any atom is -0.486 e. The molecule has 3 rings (SSSR count). The lowest BCUT2D eigenvalue weighted by Gasteiger charge is -2.09. The largest absolute Gasteiger partial charge is 0.486 e. The van der Waals surface area contributed by atoms with Gasteiger partial charge in [-0.15, -0.1) is 0 Å². The number of amides is 1. The van der Waals surface area contributed by atoms with E-state index in [0.29, 0.717) is 17.9 Å². The first-order valence-electron chi connectivity index (χ1n) is 7.40. The Bertz CT molecular complexity index is 846. The van der Waals surface area contributed by atoms with Crippen LogP contribution in [0.25, 0.3) is 0 Å². The highest BCUT2D eigenvalue weighted by Crippen LogP contribution is 2.19. The molecule has 1 aliphatic heterocycles. The summed E-state index contributed by atoms with van der Waals surface area (Å²) in [5.41, 5.74) is 0. The molecule has 1 aliphatic rings. The van der Waals surface area contributed by atoms with Gasteiger partial charge >= 0.3 is 0 Å². The van der Waals surface area contributed by atoms with Crippen LogP contribution in [0.4, 0.5) is 0 Å². The molecule has 1 fully saturated rings. The van der Waals surface area contributed by atoms with Crippen molar-refractivity contribution in [1.82, 2.24) is 5.32 Å². The van der Waals surface area contributed by atoms with Gasteiger partial charge in [-0.25, -0.2) is 8.42 Å². The van der Waals surface area contributed by atoms with E-state index in [1.807, 2.05) is 24.3 Å². The van der Waals surface area contributed by atoms with Gasteiger partial charge in [0.2, 0.25) is 0 Å². The zero-order valence-electron chi connectivity index (χ0n) is 12.7. The van der Waals surface area contributed by atoms with Crippen LogP contribution in [0, 0.1) is 0 Å². The van der Waals surface area contributed by atoms with E-state index in [9.17, 15) is 13.2 Å². The van der Waals surface area contributed by atoms with Gasteiger partial charge in [0.15, 0.2) is 15.6 Å². The molecule has 0 saturated carbocycles. The van der Waals surface area contributed by atoms with Crippen molar-refractivity contribution in [2.45, 2.75) is 19.1 Å². The van der Waals surface area contributed by atoms with Crippen LogP contribution in [0.5, 0.6) is 5.75 Å². The molecule has 0 bridgehead atoms. The number of carbonyl (C=O) groups is 1. The summed E-state index contributed by atoms with van der Waals surface area (Å²) in [4.78, 5) is 12.1. The van der Waals surface area contributed by atoms with Crippen LogP contribution < -0.4 is 10.1 Å². The fourth-order valence-corrected chi connectivity index (χ4v) is 4.51. The quantitative estimate of drug-likeness (QED) is 0.813. The molecule has 0 spiro atoms. The van der Waals surface area contributed by atoms with Gasteiger partial charge in [0.05, 0.1) is 11.5 Å². The first kappa shape index (κ1) is 17.0. The topological polar surface area (TPSA) is 85.6 Å². The third kappa shape index (κ3) is 4.39. The van der Waals surface area contributed by atoms with E-state index in [1.54, 1.807) is 12.1 Å². The van der Waals surface area contributed by atoms with E-state index in [1.165, 1.54) is 0 Å². The minimum atomic E-state index is -3.03. The number of benzene rings is 1. The summed E-state index contributed by atoms with van der Waals surface area (Å²) >= 11 is 3.36. The van der Waals surface area contributed by atoms with Crippen LogP contribution in [0.3, 0.4) is 0 Å². The second-order valence-electron chi connectivity index (χ2n) is 5.59. The molecule has 1 saturated heterocycles. The highest BCUT2D eigenvalue weighted by Gasteiger charge is 2.29. The van der Waals surface area contributed by atoms with Crippen molar-refractivity contribution in [3.8, 4) is 5.75 Å². The molecular formula is C16H16BrNO5S. The first-order valence-corrected chi connectivity index (χ1v) is 10.0. The second-order valence-corrected chi connectivity index (χ2v) is 8.73. The second kappa shape index (κ2) is 6.98. The van der Waals surface area contributed by atoms with Crippen molar-refractivity contribution >= 4 is 31.7 Å². The standard InChI is InChI=1S/C16H16BrNO5S/c17-11-2-1-3-13(8-11)22-9-14-4-5-15(23-14)16(19)18-12-6-7-24(20,21)10-12/h1-5,8,12H,6-7,9-10H2,(H,18,19). The SMILES string of the molecule is O=C(NC1CCS(=O)(=O)C1)c1ccc(COc2cccc(Br)c2)o1. The van der Waals surface area contributed by atoms with E-state index in [4.69, 9.17) is 9.15 Å². The van der Waals surface area contributed by atoms with Gasteiger partial charge < -0.3 is 14.5 Å². The summed E-state index contributed by atoms with van der Waals surface area (Å²) in [6.07, 6.45) is 0.438. The number of hydrogen-bond donors (Lipinski definition) is 1. The zero-order valence-corrected chi connectivity index (χ0v) is 15.1. The first-order chi connectivity index (χ1) is 11.4. The smallest absolute Gasteiger partial charge is 0.287 e. The molecule has 2 heterocycles. The van der Waals surface area contributed by atoms with E-state index in [2.05, 4.69) is 21.2 Å². The van der Waals surface area contributed by atoms with Gasteiger partial charge in [-0.2, -0.15) is 0 Å². The molecule has 1 aromatic carbocycles. The van der Waals surface area contributed by atoms with Gasteiger partial charge in [-0.1, -0.05) is 22.0 Å². The van der Waals surface area contributed by atoms with Crippen LogP contribution in [-0.2, 0) is 16.4 Å². The monoisotopic (exact) mass is 413 g/mol. The molecule has 0 radical (unpaired) electrons. The Morgan fingerprint density at radius 3 is 2.88 bits per heavy atom. The van der Waals surface area contributed by atoms with Crippen molar-refractivity contribution in [3.05, 3.63) is 52.4 Å². The fraction of sp³-hybridized carbons (Fsp3) is 0.312. The lowest BCUT2D eigenvalue weighted by atomic mass is 10.2. The zero-order chi connectivity index (χ0) is 17.2. The highest BCUT2D eigenvalue weighted by molar-refractivity contribution is 9.10. The molecule has 2 aromatic rings. The lowest BCUT2D eigenvalue weighted by molar-refractivity contribution is 0.0909. The van der Waals surface area contributed by atoms with E-state index >= 15 is 0 Å². The summed E-state index contributed by atoms with van der Waals surface area (Å²) in [6, 6.07) is 10.3. The van der Waals surface area contributed by atoms with E-state index < -0.39 is 15.7 Å². The van der Waals surface area contributed by atoms with Crippen LogP contribution >= 0.6 is 15.9 Å². The predicted octanol–water partition coefficient (Wildman–Crippen LogP) is 2.54. The molecule has 8 heteroatoms. The Morgan fingerprint density at radius 2 is 2.17 bits per heavy atom. The van der Waals surface area contributed by atoms with Crippen molar-refractivity contribution in [1.29, 1.82) is 0 Å². The number of carbonyl (C=O) groups excluding carboxylic acids is 1. The number of rotatable bonds is 5. The number of hydrogen-bond acceptors (Lipinski definition) is 5. The summed E-state index contributed by atoms with van der Waals surface area (Å²) in [7, 11) is -3.03. The number of furan rings is 1. The number of ether oxygens (including phenoxy) is 1. The summed E-state index contributed by atoms with van der Waals surface area (Å²) in [5, 5.41) is 2.69. The third-order valence-electron chi connectivity index (χ3n) is 3.63. The average molecular weight is 414 g/mol. The molecule has 1 aromatic heterocycles. The minimum absolute atomic E-state index is 0.0156. The Morgan fingerprint density at radius 1 is 1.33 bits per heavy atom. The van der Waals surface area contributed by atoms with Crippen molar-refractivity contribution in [2.24, 2.45) is 0 Å². The molecule has 128 valence electrons. The number of sulfone groups is 1. The van der Waals surface area contributed by atoms with Crippen molar-refractivity contribution in [3.63, 3.8) is 0 Å². The maximum atomic E-state index is 12.1. The fourth-order valence-electron chi connectivity index (χ4n) is 2.45. The molecular weight excluding hydrogens is 398 g/mol.